The lowest BCUT2D eigenvalue weighted by Crippen LogP contribution is -2.40. The van der Waals surface area contributed by atoms with Crippen molar-refractivity contribution in [3.05, 3.63) is 131 Å². The van der Waals surface area contributed by atoms with E-state index in [2.05, 4.69) is 18.2 Å². The van der Waals surface area contributed by atoms with Gasteiger partial charge in [-0.1, -0.05) is 85.3 Å². The fraction of sp³-hybridized carbons (Fsp3) is 0.216. The summed E-state index contributed by atoms with van der Waals surface area (Å²) in [5, 5.41) is 0.498. The number of para-hydroxylation sites is 2. The van der Waals surface area contributed by atoms with E-state index in [4.69, 9.17) is 9.72 Å². The number of aromatic nitrogens is 2. The summed E-state index contributed by atoms with van der Waals surface area (Å²) in [6.45, 7) is 0. The Bertz CT molecular complexity index is 1830. The quantitative estimate of drug-likeness (QED) is 0.142. The largest absolute Gasteiger partial charge is 0.497 e. The number of amides is 1. The fourth-order valence-electron chi connectivity index (χ4n) is 6.85. The molecule has 0 radical (unpaired) electrons. The monoisotopic (exact) mass is 599 g/mol. The van der Waals surface area contributed by atoms with Gasteiger partial charge in [0.05, 0.1) is 29.8 Å². The summed E-state index contributed by atoms with van der Waals surface area (Å²) < 4.78 is 7.11. The van der Waals surface area contributed by atoms with Crippen molar-refractivity contribution in [1.29, 1.82) is 0 Å². The molecule has 0 bridgehead atoms. The predicted molar refractivity (Wildman–Crippen MR) is 176 cm³/mol. The first-order valence-corrected chi connectivity index (χ1v) is 16.0. The number of thioether (sulfide) groups is 1. The van der Waals surface area contributed by atoms with E-state index in [9.17, 15) is 9.59 Å². The molecule has 1 amide bonds. The van der Waals surface area contributed by atoms with Crippen LogP contribution in [0, 0.1) is 0 Å². The highest BCUT2D eigenvalue weighted by molar-refractivity contribution is 7.99. The maximum absolute atomic E-state index is 14.8. The minimum Gasteiger partial charge on any atom is -0.497 e. The smallest absolute Gasteiger partial charge is 0.263 e. The molecule has 220 valence electrons. The molecule has 5 aromatic rings. The number of hydrogen-bond donors (Lipinski definition) is 0. The first kappa shape index (κ1) is 28.2. The number of methoxy groups -OCH3 is 1. The van der Waals surface area contributed by atoms with Crippen molar-refractivity contribution in [3.8, 4) is 22.7 Å². The van der Waals surface area contributed by atoms with Crippen molar-refractivity contribution >= 4 is 29.0 Å². The number of rotatable bonds is 7. The van der Waals surface area contributed by atoms with E-state index in [1.54, 1.807) is 16.6 Å². The average molecular weight is 600 g/mol. The molecule has 1 heterocycles. The summed E-state index contributed by atoms with van der Waals surface area (Å²) in [4.78, 5) is 35.7. The molecule has 2 aliphatic carbocycles. The van der Waals surface area contributed by atoms with Gasteiger partial charge < -0.3 is 4.74 Å². The van der Waals surface area contributed by atoms with Crippen molar-refractivity contribution < 1.29 is 9.53 Å². The highest BCUT2D eigenvalue weighted by atomic mass is 32.2. The van der Waals surface area contributed by atoms with Gasteiger partial charge in [0, 0.05) is 22.4 Å². The summed E-state index contributed by atoms with van der Waals surface area (Å²) in [5.74, 6) is 0.700. The number of carbonyl (C=O) groups is 1. The molecule has 0 atom stereocenters. The molecule has 1 spiro atoms. The molecule has 4 aromatic carbocycles. The fourth-order valence-corrected chi connectivity index (χ4v) is 7.70. The summed E-state index contributed by atoms with van der Waals surface area (Å²) in [6, 6.07) is 35.1. The van der Waals surface area contributed by atoms with Crippen LogP contribution in [0.3, 0.4) is 0 Å². The number of ether oxygens (including phenoxy) is 1. The van der Waals surface area contributed by atoms with Crippen LogP contribution in [0.25, 0.3) is 16.9 Å². The highest BCUT2D eigenvalue weighted by Crippen LogP contribution is 2.50. The Morgan fingerprint density at radius 3 is 2.11 bits per heavy atom. The van der Waals surface area contributed by atoms with Gasteiger partial charge in [0.2, 0.25) is 5.91 Å². The van der Waals surface area contributed by atoms with Gasteiger partial charge in [0.15, 0.2) is 5.16 Å². The average Bonchev–Trinajstić information content (AvgIpc) is 3.53. The number of fused-ring (bicyclic) bond motifs is 4. The van der Waals surface area contributed by atoms with Crippen LogP contribution in [0.2, 0.25) is 0 Å². The SMILES string of the molecule is COc1ccc(-n2c(SCC(=O)N(c3ccccc3)c3ccccc3)nc3c(c2=O)C2(CCCC2)Cc2ccccc2-3)cc1. The Labute approximate surface area is 261 Å². The molecule has 2 aliphatic rings. The third-order valence-corrected chi connectivity index (χ3v) is 9.80. The lowest BCUT2D eigenvalue weighted by atomic mass is 9.68. The maximum Gasteiger partial charge on any atom is 0.263 e. The second kappa shape index (κ2) is 11.8. The van der Waals surface area contributed by atoms with Crippen molar-refractivity contribution in [2.75, 3.05) is 17.8 Å². The summed E-state index contributed by atoms with van der Waals surface area (Å²) in [6.07, 6.45) is 5.00. The van der Waals surface area contributed by atoms with Crippen LogP contribution in [-0.2, 0) is 16.6 Å². The Hall–Kier alpha value is -4.62. The lowest BCUT2D eigenvalue weighted by Gasteiger charge is -2.36. The van der Waals surface area contributed by atoms with Crippen LogP contribution in [-0.4, -0.2) is 28.3 Å². The van der Waals surface area contributed by atoms with Crippen LogP contribution in [0.4, 0.5) is 11.4 Å². The predicted octanol–water partition coefficient (Wildman–Crippen LogP) is 7.73. The molecule has 0 aliphatic heterocycles. The van der Waals surface area contributed by atoms with E-state index in [0.717, 1.165) is 60.3 Å². The standard InChI is InChI=1S/C37H33N3O3S/c1-43-30-20-18-29(19-21-30)40-35(42)33-34(31-17-9-8-12-26(31)24-37(33)22-10-11-23-37)38-36(40)44-25-32(41)39(27-13-4-2-5-14-27)28-15-6-3-7-16-28/h2-9,12-21H,10-11,22-25H2,1H3. The van der Waals surface area contributed by atoms with Gasteiger partial charge in [0.1, 0.15) is 5.75 Å². The Kier molecular flexibility index (Phi) is 7.56. The summed E-state index contributed by atoms with van der Waals surface area (Å²) >= 11 is 1.30. The number of carbonyl (C=O) groups excluding carboxylic acids is 1. The Morgan fingerprint density at radius 2 is 1.48 bits per heavy atom. The molecular weight excluding hydrogens is 566 g/mol. The maximum atomic E-state index is 14.8. The molecule has 1 aromatic heterocycles. The molecule has 7 rings (SSSR count). The Morgan fingerprint density at radius 1 is 0.864 bits per heavy atom. The lowest BCUT2D eigenvalue weighted by molar-refractivity contribution is -0.115. The molecule has 7 heteroatoms. The second-order valence-corrected chi connectivity index (χ2v) is 12.4. The summed E-state index contributed by atoms with van der Waals surface area (Å²) in [7, 11) is 1.63. The topological polar surface area (TPSA) is 64.4 Å². The van der Waals surface area contributed by atoms with Crippen LogP contribution < -0.4 is 15.2 Å². The normalized spacial score (nSPS) is 14.6. The molecule has 1 fully saturated rings. The molecule has 1 saturated carbocycles. The van der Waals surface area contributed by atoms with Crippen LogP contribution in [0.5, 0.6) is 5.75 Å². The number of nitrogens with zero attached hydrogens (tertiary/aromatic N) is 3. The number of benzene rings is 4. The van der Waals surface area contributed by atoms with E-state index in [1.165, 1.54) is 17.3 Å². The second-order valence-electron chi connectivity index (χ2n) is 11.5. The van der Waals surface area contributed by atoms with Crippen LogP contribution >= 0.6 is 11.8 Å². The number of anilines is 2. The minimum atomic E-state index is -0.224. The van der Waals surface area contributed by atoms with Gasteiger partial charge in [-0.15, -0.1) is 0 Å². The molecule has 0 N–H and O–H groups in total. The zero-order valence-corrected chi connectivity index (χ0v) is 25.4. The first-order valence-electron chi connectivity index (χ1n) is 15.0. The van der Waals surface area contributed by atoms with Crippen molar-refractivity contribution in [3.63, 3.8) is 0 Å². The summed E-state index contributed by atoms with van der Waals surface area (Å²) in [5.41, 5.74) is 5.84. The van der Waals surface area contributed by atoms with Gasteiger partial charge in [-0.25, -0.2) is 4.98 Å². The van der Waals surface area contributed by atoms with Crippen LogP contribution in [0.1, 0.15) is 36.8 Å². The van der Waals surface area contributed by atoms with Gasteiger partial charge >= 0.3 is 0 Å². The molecule has 0 unspecified atom stereocenters. The number of hydrogen-bond acceptors (Lipinski definition) is 5. The van der Waals surface area contributed by atoms with E-state index in [-0.39, 0.29) is 22.6 Å². The third-order valence-electron chi connectivity index (χ3n) is 8.88. The zero-order valence-electron chi connectivity index (χ0n) is 24.6. The Balaban J connectivity index is 1.35. The van der Waals surface area contributed by atoms with Crippen LogP contribution in [0.15, 0.2) is 119 Å². The molecule has 44 heavy (non-hydrogen) atoms. The minimum absolute atomic E-state index is 0.0468. The van der Waals surface area contributed by atoms with Crippen molar-refractivity contribution in [2.24, 2.45) is 0 Å². The van der Waals surface area contributed by atoms with E-state index in [1.807, 2.05) is 91.0 Å². The van der Waals surface area contributed by atoms with E-state index >= 15 is 0 Å². The van der Waals surface area contributed by atoms with Crippen molar-refractivity contribution in [2.45, 2.75) is 42.7 Å². The van der Waals surface area contributed by atoms with Gasteiger partial charge in [0.25, 0.3) is 5.56 Å². The van der Waals surface area contributed by atoms with E-state index < -0.39 is 0 Å². The zero-order chi connectivity index (χ0) is 30.1. The highest BCUT2D eigenvalue weighted by Gasteiger charge is 2.44. The molecule has 6 nitrogen and oxygen atoms in total. The van der Waals surface area contributed by atoms with Gasteiger partial charge in [-0.3, -0.25) is 19.1 Å². The first-order chi connectivity index (χ1) is 21.6. The van der Waals surface area contributed by atoms with E-state index in [0.29, 0.717) is 16.6 Å². The third kappa shape index (κ3) is 5.01. The van der Waals surface area contributed by atoms with Crippen molar-refractivity contribution in [1.82, 2.24) is 9.55 Å². The molecule has 0 saturated heterocycles. The molecular formula is C37H33N3O3S. The van der Waals surface area contributed by atoms with Gasteiger partial charge in [-0.05, 0) is 73.4 Å². The van der Waals surface area contributed by atoms with Gasteiger partial charge in [-0.2, -0.15) is 0 Å².